The van der Waals surface area contributed by atoms with Gasteiger partial charge in [0.05, 0.1) is 17.6 Å². The molecule has 0 radical (unpaired) electrons. The lowest BCUT2D eigenvalue weighted by atomic mass is 10.1. The van der Waals surface area contributed by atoms with E-state index in [2.05, 4.69) is 9.97 Å². The second-order valence-electron chi connectivity index (χ2n) is 3.44. The van der Waals surface area contributed by atoms with Crippen molar-refractivity contribution in [3.05, 3.63) is 36.0 Å². The molecule has 0 aliphatic heterocycles. The van der Waals surface area contributed by atoms with E-state index in [1.807, 2.05) is 0 Å². The summed E-state index contributed by atoms with van der Waals surface area (Å²) < 4.78 is 26.0. The minimum atomic E-state index is -0.963. The van der Waals surface area contributed by atoms with E-state index in [4.69, 9.17) is 5.11 Å². The van der Waals surface area contributed by atoms with Crippen LogP contribution in [0.5, 0.6) is 0 Å². The molecule has 0 unspecified atom stereocenters. The predicted molar refractivity (Wildman–Crippen MR) is 62.3 cm³/mol. The van der Waals surface area contributed by atoms with Gasteiger partial charge in [-0.1, -0.05) is 11.8 Å². The van der Waals surface area contributed by atoms with Gasteiger partial charge in [0.1, 0.15) is 11.6 Å². The molecule has 94 valence electrons. The van der Waals surface area contributed by atoms with Crippen LogP contribution in [0.25, 0.3) is 11.3 Å². The van der Waals surface area contributed by atoms with Crippen LogP contribution in [0.3, 0.4) is 0 Å². The van der Waals surface area contributed by atoms with Gasteiger partial charge in [-0.3, -0.25) is 4.79 Å². The van der Waals surface area contributed by atoms with Crippen LogP contribution in [0.4, 0.5) is 8.78 Å². The Bertz CT molecular complexity index is 566. The van der Waals surface area contributed by atoms with Crippen molar-refractivity contribution < 1.29 is 18.7 Å². The summed E-state index contributed by atoms with van der Waals surface area (Å²) in [6, 6.07) is 3.12. The van der Waals surface area contributed by atoms with Gasteiger partial charge >= 0.3 is 5.97 Å². The lowest BCUT2D eigenvalue weighted by Gasteiger charge is -1.98. The third-order valence-electron chi connectivity index (χ3n) is 2.06. The van der Waals surface area contributed by atoms with Gasteiger partial charge in [0.2, 0.25) is 0 Å². The number of rotatable bonds is 4. The van der Waals surface area contributed by atoms with E-state index in [1.165, 1.54) is 18.3 Å². The molecule has 0 fully saturated rings. The first-order valence-electron chi connectivity index (χ1n) is 4.90. The lowest BCUT2D eigenvalue weighted by Crippen LogP contribution is -1.97. The Labute approximate surface area is 105 Å². The smallest absolute Gasteiger partial charge is 0.313 e. The Kier molecular flexibility index (Phi) is 3.61. The van der Waals surface area contributed by atoms with Crippen molar-refractivity contribution in [3.8, 4) is 11.3 Å². The third-order valence-corrected chi connectivity index (χ3v) is 2.93. The fourth-order valence-corrected chi connectivity index (χ4v) is 1.93. The first kappa shape index (κ1) is 12.6. The third kappa shape index (κ3) is 3.07. The Hall–Kier alpha value is -1.89. The van der Waals surface area contributed by atoms with Gasteiger partial charge in [0.15, 0.2) is 5.16 Å². The minimum Gasteiger partial charge on any atom is -0.481 e. The molecule has 18 heavy (non-hydrogen) atoms. The summed E-state index contributed by atoms with van der Waals surface area (Å²) in [5.74, 6) is -2.46. The molecular formula is C11H8F2N2O2S. The van der Waals surface area contributed by atoms with E-state index in [9.17, 15) is 13.6 Å². The van der Waals surface area contributed by atoms with E-state index >= 15 is 0 Å². The molecular weight excluding hydrogens is 262 g/mol. The number of aromatic nitrogens is 2. The number of aromatic amines is 1. The Morgan fingerprint density at radius 3 is 2.61 bits per heavy atom. The van der Waals surface area contributed by atoms with Gasteiger partial charge in [-0.2, -0.15) is 0 Å². The molecule has 0 bridgehead atoms. The summed E-state index contributed by atoms with van der Waals surface area (Å²) in [7, 11) is 0. The minimum absolute atomic E-state index is 0.134. The van der Waals surface area contributed by atoms with Gasteiger partial charge in [0, 0.05) is 11.6 Å². The highest BCUT2D eigenvalue weighted by atomic mass is 32.2. The number of benzene rings is 1. The normalized spacial score (nSPS) is 10.6. The largest absolute Gasteiger partial charge is 0.481 e. The summed E-state index contributed by atoms with van der Waals surface area (Å²) in [6.07, 6.45) is 1.40. The Morgan fingerprint density at radius 2 is 2.00 bits per heavy atom. The Morgan fingerprint density at radius 1 is 1.33 bits per heavy atom. The monoisotopic (exact) mass is 270 g/mol. The molecule has 0 saturated heterocycles. The molecule has 0 aliphatic carbocycles. The zero-order chi connectivity index (χ0) is 13.1. The van der Waals surface area contributed by atoms with E-state index in [-0.39, 0.29) is 5.75 Å². The average molecular weight is 270 g/mol. The van der Waals surface area contributed by atoms with E-state index in [1.54, 1.807) is 0 Å². The lowest BCUT2D eigenvalue weighted by molar-refractivity contribution is -0.133. The average Bonchev–Trinajstić information content (AvgIpc) is 2.73. The summed E-state index contributed by atoms with van der Waals surface area (Å²) in [5, 5.41) is 8.90. The SMILES string of the molecule is O=C(O)CSc1ncc(-c2cc(F)cc(F)c2)[nH]1. The van der Waals surface area contributed by atoms with Crippen LogP contribution >= 0.6 is 11.8 Å². The highest BCUT2D eigenvalue weighted by Gasteiger charge is 2.08. The van der Waals surface area contributed by atoms with Crippen molar-refractivity contribution in [2.24, 2.45) is 0 Å². The molecule has 0 aliphatic rings. The van der Waals surface area contributed by atoms with Crippen LogP contribution in [0.1, 0.15) is 0 Å². The molecule has 2 rings (SSSR count). The molecule has 0 amide bonds. The zero-order valence-corrected chi connectivity index (χ0v) is 9.80. The summed E-state index contributed by atoms with van der Waals surface area (Å²) in [4.78, 5) is 17.1. The maximum Gasteiger partial charge on any atom is 0.313 e. The second kappa shape index (κ2) is 5.18. The first-order valence-corrected chi connectivity index (χ1v) is 5.89. The number of H-pyrrole nitrogens is 1. The van der Waals surface area contributed by atoms with Crippen LogP contribution in [-0.2, 0) is 4.79 Å². The summed E-state index contributed by atoms with van der Waals surface area (Å²) in [5.41, 5.74) is 0.753. The van der Waals surface area contributed by atoms with Crippen LogP contribution < -0.4 is 0 Å². The van der Waals surface area contributed by atoms with Crippen molar-refractivity contribution in [2.75, 3.05) is 5.75 Å². The van der Waals surface area contributed by atoms with Gasteiger partial charge < -0.3 is 10.1 Å². The molecule has 0 spiro atoms. The van der Waals surface area contributed by atoms with Crippen molar-refractivity contribution in [1.82, 2.24) is 9.97 Å². The molecule has 0 saturated carbocycles. The first-order chi connectivity index (χ1) is 8.54. The molecule has 1 heterocycles. The molecule has 2 N–H and O–H groups in total. The molecule has 0 atom stereocenters. The van der Waals surface area contributed by atoms with E-state index in [0.717, 1.165) is 17.8 Å². The van der Waals surface area contributed by atoms with Crippen molar-refractivity contribution >= 4 is 17.7 Å². The van der Waals surface area contributed by atoms with Gasteiger partial charge in [-0.25, -0.2) is 13.8 Å². The number of hydrogen-bond acceptors (Lipinski definition) is 3. The maximum atomic E-state index is 13.0. The van der Waals surface area contributed by atoms with Crippen molar-refractivity contribution in [1.29, 1.82) is 0 Å². The van der Waals surface area contributed by atoms with E-state index in [0.29, 0.717) is 16.4 Å². The summed E-state index contributed by atoms with van der Waals surface area (Å²) in [6.45, 7) is 0. The van der Waals surface area contributed by atoms with Crippen LogP contribution in [0.2, 0.25) is 0 Å². The molecule has 1 aromatic carbocycles. The second-order valence-corrected chi connectivity index (χ2v) is 4.41. The molecule has 2 aromatic rings. The van der Waals surface area contributed by atoms with Crippen molar-refractivity contribution in [2.45, 2.75) is 5.16 Å². The number of carbonyl (C=O) groups is 1. The summed E-state index contributed by atoms with van der Waals surface area (Å²) >= 11 is 0.999. The van der Waals surface area contributed by atoms with Gasteiger partial charge in [-0.05, 0) is 12.1 Å². The van der Waals surface area contributed by atoms with Crippen LogP contribution in [0, 0.1) is 11.6 Å². The fourth-order valence-electron chi connectivity index (χ4n) is 1.36. The standard InChI is InChI=1S/C11H8F2N2O2S/c12-7-1-6(2-8(13)3-7)9-4-14-11(15-9)18-5-10(16)17/h1-4H,5H2,(H,14,15)(H,16,17). The number of imidazole rings is 1. The number of nitrogens with zero attached hydrogens (tertiary/aromatic N) is 1. The number of thioether (sulfide) groups is 1. The molecule has 1 aromatic heterocycles. The number of carboxylic acid groups (broad SMARTS) is 1. The van der Waals surface area contributed by atoms with Crippen molar-refractivity contribution in [3.63, 3.8) is 0 Å². The Balaban J connectivity index is 2.21. The van der Waals surface area contributed by atoms with E-state index < -0.39 is 17.6 Å². The number of aliphatic carboxylic acids is 1. The highest BCUT2D eigenvalue weighted by molar-refractivity contribution is 7.99. The van der Waals surface area contributed by atoms with Crippen LogP contribution in [-0.4, -0.2) is 26.8 Å². The number of halogens is 2. The molecule has 4 nitrogen and oxygen atoms in total. The number of carboxylic acids is 1. The maximum absolute atomic E-state index is 13.0. The van der Waals surface area contributed by atoms with Gasteiger partial charge in [0.25, 0.3) is 0 Å². The predicted octanol–water partition coefficient (Wildman–Crippen LogP) is 2.53. The fraction of sp³-hybridized carbons (Fsp3) is 0.0909. The highest BCUT2D eigenvalue weighted by Crippen LogP contribution is 2.22. The van der Waals surface area contributed by atoms with Gasteiger partial charge in [-0.15, -0.1) is 0 Å². The number of nitrogens with one attached hydrogen (secondary N) is 1. The topological polar surface area (TPSA) is 66.0 Å². The number of hydrogen-bond donors (Lipinski definition) is 2. The molecule has 7 heteroatoms. The zero-order valence-electron chi connectivity index (χ0n) is 8.98. The quantitative estimate of drug-likeness (QED) is 0.838. The van der Waals surface area contributed by atoms with Crippen LogP contribution in [0.15, 0.2) is 29.6 Å².